The van der Waals surface area contributed by atoms with Crippen molar-refractivity contribution in [1.82, 2.24) is 14.5 Å². The third-order valence-electron chi connectivity index (χ3n) is 6.50. The van der Waals surface area contributed by atoms with Crippen molar-refractivity contribution in [3.05, 3.63) is 65.5 Å². The van der Waals surface area contributed by atoms with E-state index in [1.165, 1.54) is 12.1 Å². The van der Waals surface area contributed by atoms with Crippen LogP contribution in [0.1, 0.15) is 24.3 Å². The van der Waals surface area contributed by atoms with Gasteiger partial charge in [-0.3, -0.25) is 4.79 Å². The predicted molar refractivity (Wildman–Crippen MR) is 116 cm³/mol. The number of benzene rings is 2. The molecule has 1 saturated heterocycles. The number of halogens is 3. The lowest BCUT2D eigenvalue weighted by atomic mass is 9.88. The Labute approximate surface area is 191 Å². The number of carbonyl (C=O) groups is 1. The molecule has 1 heterocycles. The molecular weight excluding hydrogens is 455 g/mol. The molecule has 10 heteroatoms. The minimum absolute atomic E-state index is 0.0869. The topological polar surface area (TPSA) is 69.7 Å². The van der Waals surface area contributed by atoms with Gasteiger partial charge < -0.3 is 9.80 Å². The van der Waals surface area contributed by atoms with Gasteiger partial charge in [-0.2, -0.15) is 0 Å². The Balaban J connectivity index is 1.59. The number of nitrogens with one attached hydrogen (secondary N) is 1. The molecule has 1 saturated carbocycles. The van der Waals surface area contributed by atoms with Gasteiger partial charge in [0.1, 0.15) is 17.5 Å². The van der Waals surface area contributed by atoms with E-state index in [0.717, 1.165) is 36.9 Å². The molecule has 0 bridgehead atoms. The fourth-order valence-electron chi connectivity index (χ4n) is 4.76. The van der Waals surface area contributed by atoms with E-state index in [2.05, 4.69) is 9.62 Å². The van der Waals surface area contributed by atoms with E-state index in [-0.39, 0.29) is 24.7 Å². The quantitative estimate of drug-likeness (QED) is 0.713. The van der Waals surface area contributed by atoms with E-state index in [0.29, 0.717) is 13.1 Å². The summed E-state index contributed by atoms with van der Waals surface area (Å²) in [5, 5.41) is 0. The van der Waals surface area contributed by atoms with Crippen LogP contribution in [0.15, 0.2) is 47.4 Å². The van der Waals surface area contributed by atoms with Gasteiger partial charge in [-0.25, -0.2) is 26.3 Å². The average Bonchev–Trinajstić information content (AvgIpc) is 3.17. The van der Waals surface area contributed by atoms with Crippen LogP contribution in [0.5, 0.6) is 0 Å². The molecule has 2 aromatic rings. The summed E-state index contributed by atoms with van der Waals surface area (Å²) in [6.07, 6.45) is 0.438. The van der Waals surface area contributed by atoms with Crippen molar-refractivity contribution in [2.24, 2.45) is 5.92 Å². The van der Waals surface area contributed by atoms with Crippen molar-refractivity contribution in [3.63, 3.8) is 0 Å². The molecule has 4 rings (SSSR count). The monoisotopic (exact) mass is 481 g/mol. The summed E-state index contributed by atoms with van der Waals surface area (Å²) in [6.45, 7) is 2.61. The van der Waals surface area contributed by atoms with Crippen LogP contribution in [0, 0.1) is 23.4 Å². The highest BCUT2D eigenvalue weighted by Crippen LogP contribution is 2.41. The Bertz CT molecular complexity index is 1100. The Morgan fingerprint density at radius 2 is 1.55 bits per heavy atom. The first-order valence-electron chi connectivity index (χ1n) is 10.8. The standard InChI is InChI=1S/C23H26F3N3O3S/c1-28-9-11-29(12-10-28)23(30)19-14-17(13-18(19)15-5-7-16(24)8-6-15)27-33(31,32)22-20(25)3-2-4-21(22)26/h2-8,17-19,27H,9-14H2,1H3/t17-,18+,19-/m0/s1. The zero-order valence-electron chi connectivity index (χ0n) is 18.2. The summed E-state index contributed by atoms with van der Waals surface area (Å²) in [4.78, 5) is 16.2. The molecule has 1 aliphatic heterocycles. The number of sulfonamides is 1. The largest absolute Gasteiger partial charge is 0.340 e. The van der Waals surface area contributed by atoms with Gasteiger partial charge in [0.15, 0.2) is 4.90 Å². The molecule has 1 N–H and O–H groups in total. The summed E-state index contributed by atoms with van der Waals surface area (Å²) in [5.74, 6) is -3.74. The first kappa shape index (κ1) is 23.7. The van der Waals surface area contributed by atoms with Gasteiger partial charge >= 0.3 is 0 Å². The summed E-state index contributed by atoms with van der Waals surface area (Å²) in [6, 6.07) is 7.95. The fourth-order valence-corrected chi connectivity index (χ4v) is 6.16. The normalized spacial score (nSPS) is 24.2. The lowest BCUT2D eigenvalue weighted by molar-refractivity contribution is -0.137. The molecule has 0 spiro atoms. The van der Waals surface area contributed by atoms with Gasteiger partial charge in [-0.1, -0.05) is 18.2 Å². The summed E-state index contributed by atoms with van der Waals surface area (Å²) < 4.78 is 69.7. The van der Waals surface area contributed by atoms with Gasteiger partial charge in [0.2, 0.25) is 15.9 Å². The van der Waals surface area contributed by atoms with E-state index in [4.69, 9.17) is 0 Å². The molecule has 1 amide bonds. The molecule has 2 fully saturated rings. The first-order valence-corrected chi connectivity index (χ1v) is 12.3. The Hall–Kier alpha value is -2.43. The second-order valence-electron chi connectivity index (χ2n) is 8.73. The van der Waals surface area contributed by atoms with E-state index in [9.17, 15) is 26.4 Å². The maximum Gasteiger partial charge on any atom is 0.246 e. The number of carbonyl (C=O) groups excluding carboxylic acids is 1. The van der Waals surface area contributed by atoms with Gasteiger partial charge in [-0.15, -0.1) is 0 Å². The Morgan fingerprint density at radius 1 is 0.939 bits per heavy atom. The number of likely N-dealkylation sites (N-methyl/N-ethyl adjacent to an activating group) is 1. The minimum Gasteiger partial charge on any atom is -0.340 e. The van der Waals surface area contributed by atoms with E-state index in [1.54, 1.807) is 17.0 Å². The number of hydrogen-bond donors (Lipinski definition) is 1. The molecular formula is C23H26F3N3O3S. The molecule has 178 valence electrons. The SMILES string of the molecule is CN1CCN(C(=O)[C@H]2C[C@@H](NS(=O)(=O)c3c(F)cccc3F)C[C@@H]2c2ccc(F)cc2)CC1. The predicted octanol–water partition coefficient (Wildman–Crippen LogP) is 2.72. The van der Waals surface area contributed by atoms with Crippen LogP contribution in [0.4, 0.5) is 13.2 Å². The van der Waals surface area contributed by atoms with Crippen LogP contribution in [-0.4, -0.2) is 63.4 Å². The second-order valence-corrected chi connectivity index (χ2v) is 10.4. The number of piperazine rings is 1. The second kappa shape index (κ2) is 9.44. The molecule has 0 radical (unpaired) electrons. The highest BCUT2D eigenvalue weighted by molar-refractivity contribution is 7.89. The van der Waals surface area contributed by atoms with Crippen molar-refractivity contribution < 1.29 is 26.4 Å². The minimum atomic E-state index is -4.49. The fraction of sp³-hybridized carbons (Fsp3) is 0.435. The van der Waals surface area contributed by atoms with Gasteiger partial charge in [0.05, 0.1) is 0 Å². The van der Waals surface area contributed by atoms with Crippen molar-refractivity contribution in [2.45, 2.75) is 29.7 Å². The summed E-state index contributed by atoms with van der Waals surface area (Å²) in [5.41, 5.74) is 0.725. The third kappa shape index (κ3) is 5.07. The van der Waals surface area contributed by atoms with Crippen molar-refractivity contribution >= 4 is 15.9 Å². The average molecular weight is 482 g/mol. The van der Waals surface area contributed by atoms with Crippen LogP contribution in [0.3, 0.4) is 0 Å². The van der Waals surface area contributed by atoms with Crippen molar-refractivity contribution in [2.75, 3.05) is 33.2 Å². The highest BCUT2D eigenvalue weighted by Gasteiger charge is 2.43. The summed E-state index contributed by atoms with van der Waals surface area (Å²) >= 11 is 0. The van der Waals surface area contributed by atoms with E-state index < -0.39 is 44.3 Å². The molecule has 3 atom stereocenters. The zero-order chi connectivity index (χ0) is 23.8. The molecule has 2 aromatic carbocycles. The first-order chi connectivity index (χ1) is 15.7. The molecule has 2 aliphatic rings. The third-order valence-corrected chi connectivity index (χ3v) is 8.07. The van der Waals surface area contributed by atoms with Crippen LogP contribution in [0.2, 0.25) is 0 Å². The van der Waals surface area contributed by atoms with Gasteiger partial charge in [0, 0.05) is 38.1 Å². The van der Waals surface area contributed by atoms with Crippen LogP contribution in [0.25, 0.3) is 0 Å². The molecule has 6 nitrogen and oxygen atoms in total. The van der Waals surface area contributed by atoms with E-state index in [1.807, 2.05) is 7.05 Å². The molecule has 0 aromatic heterocycles. The lowest BCUT2D eigenvalue weighted by Crippen LogP contribution is -2.49. The van der Waals surface area contributed by atoms with E-state index >= 15 is 0 Å². The van der Waals surface area contributed by atoms with Crippen LogP contribution in [-0.2, 0) is 14.8 Å². The Morgan fingerprint density at radius 3 is 2.15 bits per heavy atom. The number of rotatable bonds is 5. The smallest absolute Gasteiger partial charge is 0.246 e. The zero-order valence-corrected chi connectivity index (χ0v) is 19.0. The van der Waals surface area contributed by atoms with Gasteiger partial charge in [0.25, 0.3) is 0 Å². The van der Waals surface area contributed by atoms with Gasteiger partial charge in [-0.05, 0) is 55.6 Å². The van der Waals surface area contributed by atoms with Crippen LogP contribution < -0.4 is 4.72 Å². The number of hydrogen-bond acceptors (Lipinski definition) is 4. The molecule has 33 heavy (non-hydrogen) atoms. The number of nitrogens with zero attached hydrogens (tertiary/aromatic N) is 2. The maximum absolute atomic E-state index is 14.1. The van der Waals surface area contributed by atoms with Crippen LogP contribution >= 0.6 is 0 Å². The Kier molecular flexibility index (Phi) is 6.78. The highest BCUT2D eigenvalue weighted by atomic mass is 32.2. The lowest BCUT2D eigenvalue weighted by Gasteiger charge is -2.35. The number of amides is 1. The summed E-state index contributed by atoms with van der Waals surface area (Å²) in [7, 11) is -2.51. The molecule has 0 unspecified atom stereocenters. The van der Waals surface area contributed by atoms with Crippen molar-refractivity contribution in [3.8, 4) is 0 Å². The maximum atomic E-state index is 14.1. The van der Waals surface area contributed by atoms with Crippen molar-refractivity contribution in [1.29, 1.82) is 0 Å². The molecule has 1 aliphatic carbocycles.